The number of anilines is 1. The minimum atomic E-state index is -0.445. The molecule has 0 atom stereocenters. The van der Waals surface area contributed by atoms with Gasteiger partial charge in [0, 0.05) is 37.8 Å². The van der Waals surface area contributed by atoms with Gasteiger partial charge in [-0.05, 0) is 19.9 Å². The lowest BCUT2D eigenvalue weighted by molar-refractivity contribution is -0.385. The maximum Gasteiger partial charge on any atom is 0.287 e. The van der Waals surface area contributed by atoms with Gasteiger partial charge in [-0.25, -0.2) is 4.98 Å². The number of aromatic nitrogens is 1. The molecule has 0 spiro atoms. The topological polar surface area (TPSA) is 82.7 Å². The third-order valence-corrected chi connectivity index (χ3v) is 3.71. The van der Waals surface area contributed by atoms with Crippen LogP contribution < -0.4 is 4.90 Å². The third-order valence-electron chi connectivity index (χ3n) is 3.71. The average Bonchev–Trinajstić information content (AvgIpc) is 2.41. The van der Waals surface area contributed by atoms with E-state index in [0.29, 0.717) is 6.54 Å². The number of pyridine rings is 1. The van der Waals surface area contributed by atoms with Crippen molar-refractivity contribution in [2.75, 3.05) is 37.7 Å². The van der Waals surface area contributed by atoms with Gasteiger partial charge < -0.3 is 10.0 Å². The van der Waals surface area contributed by atoms with Crippen molar-refractivity contribution in [1.29, 1.82) is 0 Å². The largest absolute Gasteiger partial charge is 0.395 e. The summed E-state index contributed by atoms with van der Waals surface area (Å²) in [7, 11) is 0. The van der Waals surface area contributed by atoms with Gasteiger partial charge in [0.2, 0.25) is 0 Å². The number of β-amino-alcohol motifs (C(OH)–C–C–N with tert-alkyl or cyclic N) is 1. The number of piperazine rings is 1. The minimum Gasteiger partial charge on any atom is -0.395 e. The zero-order valence-electron chi connectivity index (χ0n) is 11.8. The van der Waals surface area contributed by atoms with Crippen LogP contribution in [0.3, 0.4) is 0 Å². The highest BCUT2D eigenvalue weighted by molar-refractivity contribution is 5.44. The van der Waals surface area contributed by atoms with Gasteiger partial charge >= 0.3 is 0 Å². The summed E-state index contributed by atoms with van der Waals surface area (Å²) < 4.78 is 0. The van der Waals surface area contributed by atoms with E-state index in [-0.39, 0.29) is 17.8 Å². The fourth-order valence-corrected chi connectivity index (χ4v) is 2.59. The average molecular weight is 280 g/mol. The first-order valence-electron chi connectivity index (χ1n) is 6.65. The molecule has 0 saturated carbocycles. The fraction of sp³-hybridized carbons (Fsp3) is 0.615. The summed E-state index contributed by atoms with van der Waals surface area (Å²) in [5.74, 6) is 0.757. The first-order chi connectivity index (χ1) is 9.44. The van der Waals surface area contributed by atoms with Gasteiger partial charge in [-0.3, -0.25) is 15.0 Å². The van der Waals surface area contributed by atoms with E-state index in [1.165, 1.54) is 12.3 Å². The SMILES string of the molecule is CC1(C)CN(c2ccc([N+](=O)[O-])cn2)CCN1CCO. The van der Waals surface area contributed by atoms with Crippen LogP contribution in [0, 0.1) is 10.1 Å². The number of nitrogens with zero attached hydrogens (tertiary/aromatic N) is 4. The van der Waals surface area contributed by atoms with Crippen LogP contribution in [0.5, 0.6) is 0 Å². The Morgan fingerprint density at radius 2 is 2.20 bits per heavy atom. The highest BCUT2D eigenvalue weighted by Crippen LogP contribution is 2.24. The monoisotopic (exact) mass is 280 g/mol. The molecular weight excluding hydrogens is 260 g/mol. The molecule has 0 aromatic carbocycles. The predicted molar refractivity (Wildman–Crippen MR) is 75.8 cm³/mol. The van der Waals surface area contributed by atoms with Crippen molar-refractivity contribution < 1.29 is 10.0 Å². The van der Waals surface area contributed by atoms with Crippen LogP contribution in [0.25, 0.3) is 0 Å². The molecule has 1 fully saturated rings. The Morgan fingerprint density at radius 1 is 1.45 bits per heavy atom. The molecule has 0 aliphatic carbocycles. The number of hydrogen-bond donors (Lipinski definition) is 1. The van der Waals surface area contributed by atoms with Crippen molar-refractivity contribution in [3.05, 3.63) is 28.4 Å². The molecule has 7 heteroatoms. The lowest BCUT2D eigenvalue weighted by Gasteiger charge is -2.47. The summed E-state index contributed by atoms with van der Waals surface area (Å²) in [6, 6.07) is 3.17. The smallest absolute Gasteiger partial charge is 0.287 e. The molecule has 1 aromatic rings. The van der Waals surface area contributed by atoms with E-state index in [1.807, 2.05) is 0 Å². The lowest BCUT2D eigenvalue weighted by Crippen LogP contribution is -2.60. The summed E-state index contributed by atoms with van der Waals surface area (Å²) in [5.41, 5.74) is -0.0586. The minimum absolute atomic E-state index is 0.00641. The molecule has 1 aliphatic rings. The van der Waals surface area contributed by atoms with E-state index in [4.69, 9.17) is 5.11 Å². The Hall–Kier alpha value is -1.73. The van der Waals surface area contributed by atoms with Gasteiger partial charge in [0.1, 0.15) is 12.0 Å². The number of rotatable bonds is 4. The first-order valence-corrected chi connectivity index (χ1v) is 6.65. The third kappa shape index (κ3) is 3.05. The first kappa shape index (κ1) is 14.7. The van der Waals surface area contributed by atoms with Crippen LogP contribution in [0.15, 0.2) is 18.3 Å². The summed E-state index contributed by atoms with van der Waals surface area (Å²) >= 11 is 0. The van der Waals surface area contributed by atoms with Crippen LogP contribution in [0.2, 0.25) is 0 Å². The van der Waals surface area contributed by atoms with Gasteiger partial charge in [0.15, 0.2) is 0 Å². The van der Waals surface area contributed by atoms with Gasteiger partial charge in [-0.15, -0.1) is 0 Å². The number of aliphatic hydroxyl groups is 1. The Kier molecular flexibility index (Phi) is 4.20. The molecule has 110 valence electrons. The molecular formula is C13H20N4O3. The number of nitro groups is 1. The van der Waals surface area contributed by atoms with Crippen LogP contribution in [-0.2, 0) is 0 Å². The molecule has 2 rings (SSSR count). The molecule has 1 aliphatic heterocycles. The molecule has 1 aromatic heterocycles. The molecule has 0 bridgehead atoms. The zero-order valence-corrected chi connectivity index (χ0v) is 11.8. The second-order valence-electron chi connectivity index (χ2n) is 5.58. The Morgan fingerprint density at radius 3 is 2.70 bits per heavy atom. The Bertz CT molecular complexity index is 475. The van der Waals surface area contributed by atoms with Crippen molar-refractivity contribution in [2.24, 2.45) is 0 Å². The Labute approximate surface area is 118 Å². The maximum atomic E-state index is 10.6. The van der Waals surface area contributed by atoms with Crippen molar-refractivity contribution in [3.63, 3.8) is 0 Å². The summed E-state index contributed by atoms with van der Waals surface area (Å²) in [4.78, 5) is 18.7. The van der Waals surface area contributed by atoms with Gasteiger partial charge in [0.25, 0.3) is 5.69 Å². The number of aliphatic hydroxyl groups excluding tert-OH is 1. The molecule has 0 radical (unpaired) electrons. The standard InChI is InChI=1S/C13H20N4O3/c1-13(2)10-15(5-6-16(13)7-8-18)12-4-3-11(9-14-12)17(19)20/h3-4,9,18H,5-8,10H2,1-2H3. The summed E-state index contributed by atoms with van der Waals surface area (Å²) in [5, 5.41) is 19.7. The number of hydrogen-bond acceptors (Lipinski definition) is 6. The van der Waals surface area contributed by atoms with Crippen molar-refractivity contribution in [3.8, 4) is 0 Å². The summed E-state index contributed by atoms with van der Waals surface area (Å²) in [6.45, 7) is 7.48. The van der Waals surface area contributed by atoms with Crippen LogP contribution in [0.4, 0.5) is 11.5 Å². The highest BCUT2D eigenvalue weighted by atomic mass is 16.6. The van der Waals surface area contributed by atoms with Crippen molar-refractivity contribution in [2.45, 2.75) is 19.4 Å². The van der Waals surface area contributed by atoms with E-state index in [2.05, 4.69) is 28.6 Å². The highest BCUT2D eigenvalue weighted by Gasteiger charge is 2.33. The second-order valence-corrected chi connectivity index (χ2v) is 5.58. The molecule has 20 heavy (non-hydrogen) atoms. The van der Waals surface area contributed by atoms with Crippen LogP contribution >= 0.6 is 0 Å². The Balaban J connectivity index is 2.09. The molecule has 1 N–H and O–H groups in total. The van der Waals surface area contributed by atoms with E-state index in [0.717, 1.165) is 25.5 Å². The van der Waals surface area contributed by atoms with Gasteiger partial charge in [-0.2, -0.15) is 0 Å². The fourth-order valence-electron chi connectivity index (χ4n) is 2.59. The predicted octanol–water partition coefficient (Wildman–Crippen LogP) is 0.883. The quantitative estimate of drug-likeness (QED) is 0.651. The molecule has 2 heterocycles. The van der Waals surface area contributed by atoms with Crippen molar-refractivity contribution in [1.82, 2.24) is 9.88 Å². The van der Waals surface area contributed by atoms with Crippen molar-refractivity contribution >= 4 is 11.5 Å². The molecule has 1 saturated heterocycles. The summed E-state index contributed by atoms with van der Waals surface area (Å²) in [6.07, 6.45) is 1.29. The maximum absolute atomic E-state index is 10.6. The van der Waals surface area contributed by atoms with Crippen LogP contribution in [-0.4, -0.2) is 58.2 Å². The molecule has 0 amide bonds. The van der Waals surface area contributed by atoms with E-state index in [9.17, 15) is 10.1 Å². The van der Waals surface area contributed by atoms with E-state index >= 15 is 0 Å². The normalized spacial score (nSPS) is 19.1. The lowest BCUT2D eigenvalue weighted by atomic mass is 9.99. The van der Waals surface area contributed by atoms with Gasteiger partial charge in [0.05, 0.1) is 11.5 Å². The van der Waals surface area contributed by atoms with E-state index < -0.39 is 4.92 Å². The zero-order chi connectivity index (χ0) is 14.8. The second kappa shape index (κ2) is 5.72. The van der Waals surface area contributed by atoms with Crippen LogP contribution in [0.1, 0.15) is 13.8 Å². The molecule has 0 unspecified atom stereocenters. The van der Waals surface area contributed by atoms with E-state index in [1.54, 1.807) is 6.07 Å². The van der Waals surface area contributed by atoms with Gasteiger partial charge in [-0.1, -0.05) is 0 Å². The molecule has 7 nitrogen and oxygen atoms in total.